The van der Waals surface area contributed by atoms with Gasteiger partial charge < -0.3 is 14.5 Å². The molecule has 158 valence electrons. The van der Waals surface area contributed by atoms with Crippen LogP contribution in [0, 0.1) is 0 Å². The third kappa shape index (κ3) is 3.40. The van der Waals surface area contributed by atoms with Gasteiger partial charge in [-0.25, -0.2) is 9.50 Å². The van der Waals surface area contributed by atoms with E-state index >= 15 is 0 Å². The number of hydrogen-bond donors (Lipinski definition) is 1. The zero-order valence-corrected chi connectivity index (χ0v) is 17.4. The Labute approximate surface area is 174 Å². The number of rotatable bonds is 5. The molecule has 2 fully saturated rings. The first-order chi connectivity index (χ1) is 14.6. The Kier molecular flexibility index (Phi) is 5.04. The third-order valence-electron chi connectivity index (χ3n) is 6.47. The van der Waals surface area contributed by atoms with Gasteiger partial charge in [-0.2, -0.15) is 5.10 Å². The van der Waals surface area contributed by atoms with Gasteiger partial charge >= 0.3 is 0 Å². The summed E-state index contributed by atoms with van der Waals surface area (Å²) in [6.45, 7) is 5.43. The van der Waals surface area contributed by atoms with E-state index in [1.165, 1.54) is 5.56 Å². The molecule has 0 saturated carbocycles. The molecule has 30 heavy (non-hydrogen) atoms. The van der Waals surface area contributed by atoms with Crippen molar-refractivity contribution < 1.29 is 9.47 Å². The van der Waals surface area contributed by atoms with Crippen molar-refractivity contribution in [3.8, 4) is 5.75 Å². The number of ether oxygens (including phenoxy) is 2. The van der Waals surface area contributed by atoms with Crippen LogP contribution in [0.5, 0.6) is 5.75 Å². The minimum atomic E-state index is -0.134. The van der Waals surface area contributed by atoms with E-state index in [-0.39, 0.29) is 17.5 Å². The van der Waals surface area contributed by atoms with Crippen molar-refractivity contribution in [2.24, 2.45) is 0 Å². The molecule has 2 aliphatic rings. The molecule has 0 radical (unpaired) electrons. The van der Waals surface area contributed by atoms with E-state index in [0.29, 0.717) is 17.3 Å². The van der Waals surface area contributed by atoms with Crippen LogP contribution >= 0.6 is 0 Å². The Morgan fingerprint density at radius 2 is 1.90 bits per heavy atom. The summed E-state index contributed by atoms with van der Waals surface area (Å²) in [5.41, 5.74) is 1.68. The number of methoxy groups -OCH3 is 1. The van der Waals surface area contributed by atoms with Gasteiger partial charge in [0.1, 0.15) is 17.4 Å². The molecule has 3 aromatic rings. The van der Waals surface area contributed by atoms with Crippen LogP contribution < -0.4 is 10.3 Å². The van der Waals surface area contributed by atoms with Crippen molar-refractivity contribution in [1.82, 2.24) is 24.5 Å². The molecule has 2 aliphatic heterocycles. The van der Waals surface area contributed by atoms with Gasteiger partial charge in [0.15, 0.2) is 5.52 Å². The van der Waals surface area contributed by atoms with E-state index < -0.39 is 0 Å². The average molecular weight is 409 g/mol. The number of aromatic amines is 1. The van der Waals surface area contributed by atoms with Crippen LogP contribution in [0.4, 0.5) is 0 Å². The van der Waals surface area contributed by atoms with E-state index in [9.17, 15) is 4.79 Å². The summed E-state index contributed by atoms with van der Waals surface area (Å²) in [5, 5.41) is 4.79. The standard InChI is InChI=1S/C22H27N5O3/c1-14(26-12-17(13-26)15-3-5-18(29-2)6-4-15)20-24-22(28)19-11-23-21(27(19)25-20)16-7-9-30-10-8-16/h3-6,11,14,16-17H,7-10,12-13H2,1-2H3,(H,24,25,28)/t14-/m0/s1. The number of aromatic nitrogens is 4. The second-order valence-corrected chi connectivity index (χ2v) is 8.24. The number of hydrogen-bond acceptors (Lipinski definition) is 6. The normalized spacial score (nSPS) is 19.7. The minimum Gasteiger partial charge on any atom is -0.497 e. The highest BCUT2D eigenvalue weighted by Crippen LogP contribution is 2.34. The highest BCUT2D eigenvalue weighted by Gasteiger charge is 2.33. The fraction of sp³-hybridized carbons (Fsp3) is 0.500. The van der Waals surface area contributed by atoms with Crippen molar-refractivity contribution in [3.63, 3.8) is 0 Å². The van der Waals surface area contributed by atoms with Gasteiger partial charge in [0.2, 0.25) is 0 Å². The van der Waals surface area contributed by atoms with Gasteiger partial charge in [-0.05, 0) is 37.5 Å². The SMILES string of the molecule is COc1ccc(C2CN([C@@H](C)c3nn4c(C5CCOCC5)ncc4c(=O)[nH]3)C2)cc1. The Morgan fingerprint density at radius 1 is 1.17 bits per heavy atom. The fourth-order valence-corrected chi connectivity index (χ4v) is 4.44. The van der Waals surface area contributed by atoms with E-state index in [2.05, 4.69) is 33.9 Å². The van der Waals surface area contributed by atoms with Crippen molar-refractivity contribution >= 4 is 5.52 Å². The van der Waals surface area contributed by atoms with Gasteiger partial charge in [0.25, 0.3) is 5.56 Å². The Balaban J connectivity index is 1.35. The van der Waals surface area contributed by atoms with Gasteiger partial charge in [-0.3, -0.25) is 9.69 Å². The number of fused-ring (bicyclic) bond motifs is 1. The molecule has 5 rings (SSSR count). The molecule has 8 heteroatoms. The van der Waals surface area contributed by atoms with Crippen molar-refractivity contribution in [1.29, 1.82) is 0 Å². The topological polar surface area (TPSA) is 84.8 Å². The number of nitrogens with one attached hydrogen (secondary N) is 1. The van der Waals surface area contributed by atoms with E-state index in [0.717, 1.165) is 50.7 Å². The number of nitrogens with zero attached hydrogens (tertiary/aromatic N) is 4. The number of H-pyrrole nitrogens is 1. The summed E-state index contributed by atoms with van der Waals surface area (Å²) in [6.07, 6.45) is 3.46. The van der Waals surface area contributed by atoms with Crippen LogP contribution in [0.3, 0.4) is 0 Å². The summed E-state index contributed by atoms with van der Waals surface area (Å²) in [5.74, 6) is 3.20. The third-order valence-corrected chi connectivity index (χ3v) is 6.47. The highest BCUT2D eigenvalue weighted by molar-refractivity contribution is 5.42. The molecule has 2 aromatic heterocycles. The predicted octanol–water partition coefficient (Wildman–Crippen LogP) is 2.48. The van der Waals surface area contributed by atoms with E-state index in [1.807, 2.05) is 12.1 Å². The molecule has 1 atom stereocenters. The lowest BCUT2D eigenvalue weighted by molar-refractivity contribution is 0.0829. The van der Waals surface area contributed by atoms with Gasteiger partial charge in [-0.1, -0.05) is 12.1 Å². The summed E-state index contributed by atoms with van der Waals surface area (Å²) in [7, 11) is 1.68. The quantitative estimate of drug-likeness (QED) is 0.697. The molecule has 0 spiro atoms. The molecule has 2 saturated heterocycles. The molecule has 0 amide bonds. The number of benzene rings is 1. The Hall–Kier alpha value is -2.71. The lowest BCUT2D eigenvalue weighted by Gasteiger charge is -2.43. The van der Waals surface area contributed by atoms with Crippen LogP contribution in [0.25, 0.3) is 5.52 Å². The highest BCUT2D eigenvalue weighted by atomic mass is 16.5. The average Bonchev–Trinajstić information content (AvgIpc) is 3.18. The van der Waals surface area contributed by atoms with Crippen molar-refractivity contribution in [2.75, 3.05) is 33.4 Å². The van der Waals surface area contributed by atoms with Crippen LogP contribution in [0.1, 0.15) is 54.9 Å². The Bertz CT molecular complexity index is 1080. The summed E-state index contributed by atoms with van der Waals surface area (Å²) < 4.78 is 12.5. The maximum atomic E-state index is 12.7. The molecule has 0 unspecified atom stereocenters. The second kappa shape index (κ2) is 7.85. The fourth-order valence-electron chi connectivity index (χ4n) is 4.44. The maximum Gasteiger partial charge on any atom is 0.277 e. The van der Waals surface area contributed by atoms with Crippen LogP contribution in [0.2, 0.25) is 0 Å². The van der Waals surface area contributed by atoms with Crippen molar-refractivity contribution in [2.45, 2.75) is 37.6 Å². The lowest BCUT2D eigenvalue weighted by atomic mass is 9.90. The zero-order valence-electron chi connectivity index (χ0n) is 17.4. The van der Waals surface area contributed by atoms with Gasteiger partial charge in [-0.15, -0.1) is 0 Å². The van der Waals surface area contributed by atoms with Gasteiger partial charge in [0, 0.05) is 38.1 Å². The summed E-state index contributed by atoms with van der Waals surface area (Å²) in [6, 6.07) is 8.30. The lowest BCUT2D eigenvalue weighted by Crippen LogP contribution is -2.46. The van der Waals surface area contributed by atoms with Crippen molar-refractivity contribution in [3.05, 3.63) is 58.0 Å². The monoisotopic (exact) mass is 409 g/mol. The number of likely N-dealkylation sites (tertiary alicyclic amines) is 1. The first-order valence-electron chi connectivity index (χ1n) is 10.6. The first-order valence-corrected chi connectivity index (χ1v) is 10.6. The molecular formula is C22H27N5O3. The smallest absolute Gasteiger partial charge is 0.277 e. The molecule has 1 N–H and O–H groups in total. The van der Waals surface area contributed by atoms with Crippen LogP contribution in [-0.4, -0.2) is 57.9 Å². The second-order valence-electron chi connectivity index (χ2n) is 8.24. The molecule has 0 bridgehead atoms. The summed E-state index contributed by atoms with van der Waals surface area (Å²) in [4.78, 5) is 22.5. The van der Waals surface area contributed by atoms with E-state index in [4.69, 9.17) is 14.6 Å². The molecule has 8 nitrogen and oxygen atoms in total. The molecular weight excluding hydrogens is 382 g/mol. The Morgan fingerprint density at radius 3 is 2.60 bits per heavy atom. The molecule has 1 aromatic carbocycles. The molecule has 4 heterocycles. The van der Waals surface area contributed by atoms with Crippen LogP contribution in [0.15, 0.2) is 35.3 Å². The number of imidazole rings is 1. The predicted molar refractivity (Wildman–Crippen MR) is 112 cm³/mol. The van der Waals surface area contributed by atoms with Gasteiger partial charge in [0.05, 0.1) is 19.3 Å². The zero-order chi connectivity index (χ0) is 20.7. The van der Waals surface area contributed by atoms with E-state index in [1.54, 1.807) is 17.8 Å². The van der Waals surface area contributed by atoms with Crippen LogP contribution in [-0.2, 0) is 4.74 Å². The summed E-state index contributed by atoms with van der Waals surface area (Å²) >= 11 is 0. The minimum absolute atomic E-state index is 0.0292. The largest absolute Gasteiger partial charge is 0.497 e. The first kappa shape index (κ1) is 19.3. The maximum absolute atomic E-state index is 12.7. The molecule has 0 aliphatic carbocycles.